The first-order chi connectivity index (χ1) is 8.92. The number of rotatable bonds is 5. The Kier molecular flexibility index (Phi) is 5.21. The molecule has 0 aliphatic heterocycles. The fourth-order valence-electron chi connectivity index (χ4n) is 1.50. The highest BCUT2D eigenvalue weighted by Crippen LogP contribution is 2.28. The molecule has 3 N–H and O–H groups in total. The van der Waals surface area contributed by atoms with Crippen molar-refractivity contribution in [2.75, 3.05) is 19.4 Å². The fourth-order valence-corrected chi connectivity index (χ4v) is 2.71. The minimum atomic E-state index is -3.65. The zero-order valence-corrected chi connectivity index (χ0v) is 12.1. The molecule has 1 rings (SSSR count). The van der Waals surface area contributed by atoms with Crippen molar-refractivity contribution in [3.63, 3.8) is 0 Å². The van der Waals surface area contributed by atoms with E-state index >= 15 is 0 Å². The number of anilines is 1. The van der Waals surface area contributed by atoms with E-state index in [1.165, 1.54) is 13.2 Å². The number of sulfonamides is 1. The van der Waals surface area contributed by atoms with Crippen LogP contribution in [0.4, 0.5) is 5.69 Å². The van der Waals surface area contributed by atoms with Crippen molar-refractivity contribution in [2.45, 2.75) is 25.2 Å². The highest BCUT2D eigenvalue weighted by Gasteiger charge is 2.20. The number of hydrogen-bond donors (Lipinski definition) is 2. The third-order valence-corrected chi connectivity index (χ3v) is 4.04. The minimum absolute atomic E-state index is 0.0440. The molecule has 0 aromatic heterocycles. The third kappa shape index (κ3) is 3.88. The number of methoxy groups -OCH3 is 1. The van der Waals surface area contributed by atoms with E-state index < -0.39 is 10.0 Å². The number of ether oxygens (including phenoxy) is 1. The number of aryl methyl sites for hydroxylation is 1. The molecule has 5 nitrogen and oxygen atoms in total. The Morgan fingerprint density at radius 1 is 1.42 bits per heavy atom. The third-order valence-electron chi connectivity index (χ3n) is 2.56. The SMILES string of the molecule is CC#CCCNS(=O)(=O)c1cc(N)c(C)cc1OC. The molecular weight excluding hydrogens is 264 g/mol. The number of hydrogen-bond acceptors (Lipinski definition) is 4. The van der Waals surface area contributed by atoms with E-state index in [-0.39, 0.29) is 17.2 Å². The second-order valence-electron chi connectivity index (χ2n) is 3.93. The lowest BCUT2D eigenvalue weighted by molar-refractivity contribution is 0.402. The maximum atomic E-state index is 12.1. The van der Waals surface area contributed by atoms with Crippen LogP contribution in [-0.2, 0) is 10.0 Å². The van der Waals surface area contributed by atoms with Crippen LogP contribution < -0.4 is 15.2 Å². The van der Waals surface area contributed by atoms with Crippen LogP contribution in [-0.4, -0.2) is 22.1 Å². The Morgan fingerprint density at radius 3 is 2.68 bits per heavy atom. The van der Waals surface area contributed by atoms with Gasteiger partial charge in [0, 0.05) is 18.7 Å². The maximum Gasteiger partial charge on any atom is 0.244 e. The van der Waals surface area contributed by atoms with Crippen LogP contribution in [0.3, 0.4) is 0 Å². The average Bonchev–Trinajstić information content (AvgIpc) is 2.37. The predicted octanol–water partition coefficient (Wildman–Crippen LogP) is 1.28. The van der Waals surface area contributed by atoms with Gasteiger partial charge in [-0.25, -0.2) is 13.1 Å². The first-order valence-electron chi connectivity index (χ1n) is 5.75. The van der Waals surface area contributed by atoms with Gasteiger partial charge in [0.25, 0.3) is 0 Å². The summed E-state index contributed by atoms with van der Waals surface area (Å²) in [5.41, 5.74) is 6.93. The Hall–Kier alpha value is -1.71. The Balaban J connectivity index is 3.05. The summed E-state index contributed by atoms with van der Waals surface area (Å²) in [7, 11) is -2.22. The molecule has 0 heterocycles. The van der Waals surface area contributed by atoms with Crippen molar-refractivity contribution in [1.29, 1.82) is 0 Å². The van der Waals surface area contributed by atoms with Crippen LogP contribution >= 0.6 is 0 Å². The monoisotopic (exact) mass is 282 g/mol. The van der Waals surface area contributed by atoms with Gasteiger partial charge in [-0.15, -0.1) is 11.8 Å². The molecular formula is C13H18N2O3S. The van der Waals surface area contributed by atoms with Crippen LogP contribution in [0.25, 0.3) is 0 Å². The van der Waals surface area contributed by atoms with E-state index in [2.05, 4.69) is 16.6 Å². The maximum absolute atomic E-state index is 12.1. The molecule has 0 spiro atoms. The van der Waals surface area contributed by atoms with Gasteiger partial charge in [0.1, 0.15) is 10.6 Å². The lowest BCUT2D eigenvalue weighted by Crippen LogP contribution is -2.25. The van der Waals surface area contributed by atoms with E-state index in [1.54, 1.807) is 19.9 Å². The van der Waals surface area contributed by atoms with E-state index in [0.717, 1.165) is 5.56 Å². The molecule has 0 atom stereocenters. The largest absolute Gasteiger partial charge is 0.495 e. The normalized spacial score (nSPS) is 10.7. The Labute approximate surface area is 114 Å². The van der Waals surface area contributed by atoms with Gasteiger partial charge in [0.15, 0.2) is 0 Å². The molecule has 0 saturated carbocycles. The van der Waals surface area contributed by atoms with Crippen LogP contribution in [0, 0.1) is 18.8 Å². The first-order valence-corrected chi connectivity index (χ1v) is 7.24. The standard InChI is InChI=1S/C13H18N2O3S/c1-4-5-6-7-15-19(16,17)13-9-11(14)10(2)8-12(13)18-3/h8-9,15H,6-7,14H2,1-3H3. The van der Waals surface area contributed by atoms with Gasteiger partial charge in [0.2, 0.25) is 10.0 Å². The Morgan fingerprint density at radius 2 is 2.11 bits per heavy atom. The second kappa shape index (κ2) is 6.45. The molecule has 6 heteroatoms. The summed E-state index contributed by atoms with van der Waals surface area (Å²) < 4.78 is 31.8. The predicted molar refractivity (Wildman–Crippen MR) is 75.4 cm³/mol. The van der Waals surface area contributed by atoms with Crippen molar-refractivity contribution in [1.82, 2.24) is 4.72 Å². The lowest BCUT2D eigenvalue weighted by Gasteiger charge is -2.12. The molecule has 0 aliphatic rings. The van der Waals surface area contributed by atoms with E-state index in [9.17, 15) is 8.42 Å². The lowest BCUT2D eigenvalue weighted by atomic mass is 10.2. The Bertz CT molecular complexity index is 613. The summed E-state index contributed by atoms with van der Waals surface area (Å²) in [6.45, 7) is 3.75. The van der Waals surface area contributed by atoms with Crippen LogP contribution in [0.2, 0.25) is 0 Å². The van der Waals surface area contributed by atoms with E-state index in [4.69, 9.17) is 10.5 Å². The molecule has 1 aromatic rings. The van der Waals surface area contributed by atoms with E-state index in [0.29, 0.717) is 12.1 Å². The molecule has 1 aromatic carbocycles. The van der Waals surface area contributed by atoms with Gasteiger partial charge >= 0.3 is 0 Å². The second-order valence-corrected chi connectivity index (χ2v) is 5.67. The summed E-state index contributed by atoms with van der Waals surface area (Å²) in [6, 6.07) is 3.01. The number of nitrogens with one attached hydrogen (secondary N) is 1. The fraction of sp³-hybridized carbons (Fsp3) is 0.385. The van der Waals surface area contributed by atoms with Crippen molar-refractivity contribution < 1.29 is 13.2 Å². The summed E-state index contributed by atoms with van der Waals surface area (Å²) in [4.78, 5) is 0.0440. The number of nitrogen functional groups attached to an aromatic ring is 1. The smallest absolute Gasteiger partial charge is 0.244 e. The molecule has 104 valence electrons. The van der Waals surface area contributed by atoms with Gasteiger partial charge in [-0.2, -0.15) is 0 Å². The first kappa shape index (κ1) is 15.3. The zero-order chi connectivity index (χ0) is 14.5. The summed E-state index contributed by atoms with van der Waals surface area (Å²) in [5.74, 6) is 5.77. The number of nitrogens with two attached hydrogens (primary N) is 1. The van der Waals surface area contributed by atoms with Crippen molar-refractivity contribution >= 4 is 15.7 Å². The van der Waals surface area contributed by atoms with Crippen LogP contribution in [0.15, 0.2) is 17.0 Å². The van der Waals surface area contributed by atoms with E-state index in [1.807, 2.05) is 0 Å². The van der Waals surface area contributed by atoms with Gasteiger partial charge < -0.3 is 10.5 Å². The van der Waals surface area contributed by atoms with Crippen molar-refractivity contribution in [3.8, 4) is 17.6 Å². The highest BCUT2D eigenvalue weighted by molar-refractivity contribution is 7.89. The average molecular weight is 282 g/mol. The molecule has 19 heavy (non-hydrogen) atoms. The van der Waals surface area contributed by atoms with Gasteiger partial charge in [0.05, 0.1) is 7.11 Å². The molecule has 0 aliphatic carbocycles. The highest BCUT2D eigenvalue weighted by atomic mass is 32.2. The minimum Gasteiger partial charge on any atom is -0.495 e. The topological polar surface area (TPSA) is 81.4 Å². The van der Waals surface area contributed by atoms with Crippen molar-refractivity contribution in [2.24, 2.45) is 0 Å². The summed E-state index contributed by atoms with van der Waals surface area (Å²) in [5, 5.41) is 0. The van der Waals surface area contributed by atoms with Gasteiger partial charge in [-0.3, -0.25) is 0 Å². The zero-order valence-electron chi connectivity index (χ0n) is 11.3. The quantitative estimate of drug-likeness (QED) is 0.484. The molecule has 0 amide bonds. The van der Waals surface area contributed by atoms with Gasteiger partial charge in [-0.05, 0) is 31.5 Å². The molecule has 0 radical (unpaired) electrons. The molecule has 0 bridgehead atoms. The number of benzene rings is 1. The van der Waals surface area contributed by atoms with Gasteiger partial charge in [-0.1, -0.05) is 0 Å². The molecule has 0 saturated heterocycles. The van der Waals surface area contributed by atoms with Crippen LogP contribution in [0.5, 0.6) is 5.75 Å². The summed E-state index contributed by atoms with van der Waals surface area (Å²) in [6.07, 6.45) is 0.458. The van der Waals surface area contributed by atoms with Crippen molar-refractivity contribution in [3.05, 3.63) is 17.7 Å². The molecule has 0 fully saturated rings. The summed E-state index contributed by atoms with van der Waals surface area (Å²) >= 11 is 0. The van der Waals surface area contributed by atoms with Crippen LogP contribution in [0.1, 0.15) is 18.9 Å². The molecule has 0 unspecified atom stereocenters.